The highest BCUT2D eigenvalue weighted by Gasteiger charge is 2.24. The standard InChI is InChI=1S/C19H21N5O/c1-4-24-12-17(22-16-11-21-9-7-13(16)2)18(14(3)25)19(23-24)15-6-5-8-20-10-15/h5-12,22-23H,4H2,1-3H3. The fourth-order valence-electron chi connectivity index (χ4n) is 2.68. The number of carbonyl (C=O) groups is 1. The first kappa shape index (κ1) is 16.7. The summed E-state index contributed by atoms with van der Waals surface area (Å²) in [5, 5.41) is 5.30. The maximum Gasteiger partial charge on any atom is 0.164 e. The minimum atomic E-state index is -0.0256. The Labute approximate surface area is 147 Å². The van der Waals surface area contributed by atoms with Crippen molar-refractivity contribution in [1.29, 1.82) is 0 Å². The zero-order valence-electron chi connectivity index (χ0n) is 14.6. The molecule has 0 bridgehead atoms. The normalized spacial score (nSPS) is 14.0. The Bertz CT molecular complexity index is 842. The Hall–Kier alpha value is -3.15. The third kappa shape index (κ3) is 3.52. The van der Waals surface area contributed by atoms with E-state index in [1.807, 2.05) is 43.3 Å². The number of aromatic nitrogens is 2. The summed E-state index contributed by atoms with van der Waals surface area (Å²) in [4.78, 5) is 20.8. The number of hydrogen-bond donors (Lipinski definition) is 2. The lowest BCUT2D eigenvalue weighted by Gasteiger charge is -2.31. The van der Waals surface area contributed by atoms with Crippen LogP contribution >= 0.6 is 0 Å². The molecule has 0 fully saturated rings. The van der Waals surface area contributed by atoms with Gasteiger partial charge in [0.2, 0.25) is 0 Å². The van der Waals surface area contributed by atoms with E-state index in [0.717, 1.165) is 34.8 Å². The summed E-state index contributed by atoms with van der Waals surface area (Å²) in [6.45, 7) is 6.35. The summed E-state index contributed by atoms with van der Waals surface area (Å²) in [6, 6.07) is 5.72. The van der Waals surface area contributed by atoms with Crippen LogP contribution < -0.4 is 10.7 Å². The van der Waals surface area contributed by atoms with Crippen molar-refractivity contribution in [2.45, 2.75) is 20.8 Å². The number of carbonyl (C=O) groups excluding carboxylic acids is 1. The van der Waals surface area contributed by atoms with E-state index in [-0.39, 0.29) is 5.78 Å². The molecule has 6 heteroatoms. The zero-order chi connectivity index (χ0) is 17.8. The molecule has 3 heterocycles. The summed E-state index contributed by atoms with van der Waals surface area (Å²) in [5.41, 5.74) is 8.18. The second-order valence-corrected chi connectivity index (χ2v) is 5.80. The number of allylic oxidation sites excluding steroid dienone is 1. The molecular weight excluding hydrogens is 314 g/mol. The third-order valence-corrected chi connectivity index (χ3v) is 4.01. The van der Waals surface area contributed by atoms with Crippen LogP contribution in [0.3, 0.4) is 0 Å². The van der Waals surface area contributed by atoms with Gasteiger partial charge in [0.05, 0.1) is 28.9 Å². The van der Waals surface area contributed by atoms with Crippen molar-refractivity contribution in [1.82, 2.24) is 20.4 Å². The van der Waals surface area contributed by atoms with E-state index in [2.05, 4.69) is 20.7 Å². The molecule has 0 unspecified atom stereocenters. The highest BCUT2D eigenvalue weighted by atomic mass is 16.1. The van der Waals surface area contributed by atoms with Gasteiger partial charge in [0, 0.05) is 36.9 Å². The van der Waals surface area contributed by atoms with Crippen molar-refractivity contribution in [2.75, 3.05) is 11.9 Å². The molecule has 0 amide bonds. The molecule has 0 atom stereocenters. The van der Waals surface area contributed by atoms with E-state index in [1.54, 1.807) is 31.7 Å². The van der Waals surface area contributed by atoms with Gasteiger partial charge < -0.3 is 5.32 Å². The molecule has 2 aromatic heterocycles. The van der Waals surface area contributed by atoms with Gasteiger partial charge in [0.15, 0.2) is 5.78 Å². The highest BCUT2D eigenvalue weighted by Crippen LogP contribution is 2.28. The number of ketones is 1. The molecule has 25 heavy (non-hydrogen) atoms. The van der Waals surface area contributed by atoms with Crippen LogP contribution in [0.1, 0.15) is 25.0 Å². The molecular formula is C19H21N5O. The SMILES string of the molecule is CCN1C=C(Nc2cnccc2C)C(C(C)=O)=C(c2cccnc2)N1. The van der Waals surface area contributed by atoms with Crippen LogP contribution in [0.5, 0.6) is 0 Å². The van der Waals surface area contributed by atoms with Gasteiger partial charge in [0.25, 0.3) is 0 Å². The monoisotopic (exact) mass is 335 g/mol. The van der Waals surface area contributed by atoms with Gasteiger partial charge in [-0.3, -0.25) is 25.2 Å². The minimum absolute atomic E-state index is 0.0256. The summed E-state index contributed by atoms with van der Waals surface area (Å²) in [7, 11) is 0. The Morgan fingerprint density at radius 3 is 2.68 bits per heavy atom. The molecule has 0 radical (unpaired) electrons. The van der Waals surface area contributed by atoms with E-state index in [1.165, 1.54) is 0 Å². The number of nitrogens with zero attached hydrogens (tertiary/aromatic N) is 3. The van der Waals surface area contributed by atoms with E-state index in [4.69, 9.17) is 0 Å². The van der Waals surface area contributed by atoms with Crippen LogP contribution in [0.2, 0.25) is 0 Å². The first-order valence-electron chi connectivity index (χ1n) is 8.19. The molecule has 0 spiro atoms. The Kier molecular flexibility index (Phi) is 4.79. The zero-order valence-corrected chi connectivity index (χ0v) is 14.6. The van der Waals surface area contributed by atoms with Crippen LogP contribution in [0.4, 0.5) is 5.69 Å². The van der Waals surface area contributed by atoms with Gasteiger partial charge in [-0.05, 0) is 44.5 Å². The number of rotatable bonds is 5. The maximum absolute atomic E-state index is 12.4. The Morgan fingerprint density at radius 1 is 1.24 bits per heavy atom. The average molecular weight is 335 g/mol. The van der Waals surface area contributed by atoms with Crippen molar-refractivity contribution in [3.05, 3.63) is 71.6 Å². The molecule has 0 saturated heterocycles. The summed E-state index contributed by atoms with van der Waals surface area (Å²) >= 11 is 0. The van der Waals surface area contributed by atoms with Crippen molar-refractivity contribution in [2.24, 2.45) is 0 Å². The number of aryl methyl sites for hydroxylation is 1. The number of hydrazine groups is 1. The lowest BCUT2D eigenvalue weighted by atomic mass is 10.0. The first-order chi connectivity index (χ1) is 12.1. The molecule has 1 aliphatic rings. The van der Waals surface area contributed by atoms with Crippen molar-refractivity contribution in [3.8, 4) is 0 Å². The van der Waals surface area contributed by atoms with Crippen LogP contribution in [-0.2, 0) is 4.79 Å². The van der Waals surface area contributed by atoms with E-state index in [9.17, 15) is 4.79 Å². The molecule has 128 valence electrons. The fourth-order valence-corrected chi connectivity index (χ4v) is 2.68. The van der Waals surface area contributed by atoms with Gasteiger partial charge in [0.1, 0.15) is 0 Å². The van der Waals surface area contributed by atoms with Crippen LogP contribution in [0, 0.1) is 6.92 Å². The lowest BCUT2D eigenvalue weighted by molar-refractivity contribution is -0.113. The molecule has 6 nitrogen and oxygen atoms in total. The van der Waals surface area contributed by atoms with Gasteiger partial charge in [-0.25, -0.2) is 0 Å². The number of anilines is 1. The summed E-state index contributed by atoms with van der Waals surface area (Å²) < 4.78 is 0. The molecule has 3 rings (SSSR count). The molecule has 0 saturated carbocycles. The lowest BCUT2D eigenvalue weighted by Crippen LogP contribution is -2.38. The summed E-state index contributed by atoms with van der Waals surface area (Å²) in [5.74, 6) is -0.0256. The van der Waals surface area contributed by atoms with E-state index < -0.39 is 0 Å². The number of hydrogen-bond acceptors (Lipinski definition) is 6. The molecule has 0 aromatic carbocycles. The Balaban J connectivity index is 2.09. The van der Waals surface area contributed by atoms with E-state index >= 15 is 0 Å². The van der Waals surface area contributed by atoms with Crippen molar-refractivity contribution < 1.29 is 4.79 Å². The maximum atomic E-state index is 12.4. The minimum Gasteiger partial charge on any atom is -0.352 e. The average Bonchev–Trinajstić information content (AvgIpc) is 2.63. The third-order valence-electron chi connectivity index (χ3n) is 4.01. The first-order valence-corrected chi connectivity index (χ1v) is 8.19. The van der Waals surface area contributed by atoms with Crippen molar-refractivity contribution >= 4 is 17.2 Å². The number of nitrogens with one attached hydrogen (secondary N) is 2. The second kappa shape index (κ2) is 7.17. The number of Topliss-reactive ketones (excluding diaryl/α,β-unsaturated/α-hetero) is 1. The van der Waals surface area contributed by atoms with Gasteiger partial charge >= 0.3 is 0 Å². The highest BCUT2D eigenvalue weighted by molar-refractivity contribution is 6.06. The molecule has 1 aliphatic heterocycles. The van der Waals surface area contributed by atoms with Crippen LogP contribution in [0.25, 0.3) is 5.70 Å². The topological polar surface area (TPSA) is 70.2 Å². The Morgan fingerprint density at radius 2 is 2.04 bits per heavy atom. The fraction of sp³-hybridized carbons (Fsp3) is 0.211. The van der Waals surface area contributed by atoms with Crippen molar-refractivity contribution in [3.63, 3.8) is 0 Å². The smallest absolute Gasteiger partial charge is 0.164 e. The van der Waals surface area contributed by atoms with Gasteiger partial charge in [-0.1, -0.05) is 0 Å². The predicted octanol–water partition coefficient (Wildman–Crippen LogP) is 2.88. The summed E-state index contributed by atoms with van der Waals surface area (Å²) in [6.07, 6.45) is 8.88. The van der Waals surface area contributed by atoms with Gasteiger partial charge in [-0.15, -0.1) is 0 Å². The number of pyridine rings is 2. The molecule has 0 aliphatic carbocycles. The quantitative estimate of drug-likeness (QED) is 0.875. The van der Waals surface area contributed by atoms with E-state index in [0.29, 0.717) is 5.57 Å². The predicted molar refractivity (Wildman–Crippen MR) is 98.0 cm³/mol. The van der Waals surface area contributed by atoms with Gasteiger partial charge in [-0.2, -0.15) is 0 Å². The van der Waals surface area contributed by atoms with Crippen LogP contribution in [0.15, 0.2) is 60.5 Å². The second-order valence-electron chi connectivity index (χ2n) is 5.80. The largest absolute Gasteiger partial charge is 0.352 e. The molecule has 2 N–H and O–H groups in total. The molecule has 2 aromatic rings. The van der Waals surface area contributed by atoms with Crippen LogP contribution in [-0.4, -0.2) is 27.3 Å².